The van der Waals surface area contributed by atoms with Gasteiger partial charge in [0, 0.05) is 11.5 Å². The number of methoxy groups -OCH3 is 3. The number of hydrogen-bond donors (Lipinski definition) is 3. The van der Waals surface area contributed by atoms with Crippen molar-refractivity contribution in [2.75, 3.05) is 39.7 Å². The smallest absolute Gasteiger partial charge is 0.356 e. The van der Waals surface area contributed by atoms with Crippen LogP contribution in [-0.2, 0) is 9.53 Å². The molecule has 0 radical (unpaired) electrons. The molecule has 0 spiro atoms. The van der Waals surface area contributed by atoms with Crippen molar-refractivity contribution in [3.05, 3.63) is 17.8 Å². The Bertz CT molecular complexity index is 892. The number of anilines is 1. The monoisotopic (exact) mass is 404 g/mol. The normalized spacial score (nSPS) is 19.0. The molecule has 29 heavy (non-hydrogen) atoms. The summed E-state index contributed by atoms with van der Waals surface area (Å²) in [7, 11) is 4.40. The molecule has 2 aromatic rings. The standard InChI is InChI=1S/C21H29N3O5/c1-5-13-8-6-7-9-24(13)12-18(25)23-19-14-10-16(27-2)17(28-3)11-15(14)22-20(19)21(26)29-4/h10-11,13,22H,5-9,12H2,1-4H3,(H,23,25)/p+1/t13-/m1/s1. The van der Waals surface area contributed by atoms with Crippen molar-refractivity contribution < 1.29 is 28.7 Å². The highest BCUT2D eigenvalue weighted by molar-refractivity contribution is 6.11. The van der Waals surface area contributed by atoms with Gasteiger partial charge in [0.15, 0.2) is 18.0 Å². The molecule has 1 aliphatic heterocycles. The molecule has 158 valence electrons. The molecule has 1 unspecified atom stereocenters. The second-order valence-electron chi connectivity index (χ2n) is 7.35. The van der Waals surface area contributed by atoms with Crippen LogP contribution in [0.2, 0.25) is 0 Å². The summed E-state index contributed by atoms with van der Waals surface area (Å²) >= 11 is 0. The molecule has 2 atom stereocenters. The number of ether oxygens (including phenoxy) is 3. The van der Waals surface area contributed by atoms with Crippen molar-refractivity contribution in [3.8, 4) is 11.5 Å². The van der Waals surface area contributed by atoms with Gasteiger partial charge in [-0.2, -0.15) is 0 Å². The number of H-pyrrole nitrogens is 1. The molecule has 0 aliphatic carbocycles. The minimum absolute atomic E-state index is 0.124. The van der Waals surface area contributed by atoms with Gasteiger partial charge >= 0.3 is 5.97 Å². The molecule has 1 aromatic carbocycles. The number of benzene rings is 1. The Balaban J connectivity index is 1.93. The first-order chi connectivity index (χ1) is 14.0. The number of piperidine rings is 1. The predicted octanol–water partition coefficient (Wildman–Crippen LogP) is 1.76. The SMILES string of the molecule is CC[C@@H]1CCCC[NH+]1CC(=O)Nc1c(C(=O)OC)[nH]c2cc(OC)c(OC)cc12. The molecule has 0 saturated carbocycles. The van der Waals surface area contributed by atoms with Crippen LogP contribution in [-0.4, -0.2) is 57.3 Å². The number of carbonyl (C=O) groups excluding carboxylic acids is 2. The van der Waals surface area contributed by atoms with E-state index in [0.29, 0.717) is 40.7 Å². The molecule has 8 heteroatoms. The third kappa shape index (κ3) is 4.32. The van der Waals surface area contributed by atoms with Crippen molar-refractivity contribution >= 4 is 28.5 Å². The Hall–Kier alpha value is -2.74. The van der Waals surface area contributed by atoms with Gasteiger partial charge in [0.1, 0.15) is 5.69 Å². The van der Waals surface area contributed by atoms with Crippen LogP contribution >= 0.6 is 0 Å². The van der Waals surface area contributed by atoms with E-state index in [4.69, 9.17) is 14.2 Å². The Labute approximate surface area is 170 Å². The maximum Gasteiger partial charge on any atom is 0.356 e. The van der Waals surface area contributed by atoms with Crippen molar-refractivity contribution in [1.82, 2.24) is 4.98 Å². The zero-order valence-corrected chi connectivity index (χ0v) is 17.5. The average Bonchev–Trinajstić information content (AvgIpc) is 3.09. The lowest BCUT2D eigenvalue weighted by molar-refractivity contribution is -0.923. The summed E-state index contributed by atoms with van der Waals surface area (Å²) in [5, 5.41) is 3.61. The molecule has 3 rings (SSSR count). The highest BCUT2D eigenvalue weighted by Gasteiger charge is 2.28. The van der Waals surface area contributed by atoms with E-state index in [1.807, 2.05) is 0 Å². The molecular formula is C21H30N3O5+. The molecule has 1 aromatic heterocycles. The minimum Gasteiger partial charge on any atom is -0.493 e. The molecule has 3 N–H and O–H groups in total. The van der Waals surface area contributed by atoms with Crippen LogP contribution in [0.4, 0.5) is 5.69 Å². The highest BCUT2D eigenvalue weighted by atomic mass is 16.5. The van der Waals surface area contributed by atoms with Gasteiger partial charge in [0.2, 0.25) is 0 Å². The lowest BCUT2D eigenvalue weighted by Crippen LogP contribution is -3.17. The van der Waals surface area contributed by atoms with Crippen LogP contribution in [0.5, 0.6) is 11.5 Å². The van der Waals surface area contributed by atoms with Crippen LogP contribution in [0.15, 0.2) is 12.1 Å². The van der Waals surface area contributed by atoms with Gasteiger partial charge in [-0.1, -0.05) is 6.92 Å². The lowest BCUT2D eigenvalue weighted by atomic mass is 10.00. The van der Waals surface area contributed by atoms with Gasteiger partial charge < -0.3 is 29.4 Å². The van der Waals surface area contributed by atoms with Crippen LogP contribution in [0.25, 0.3) is 10.9 Å². The van der Waals surface area contributed by atoms with E-state index >= 15 is 0 Å². The fourth-order valence-electron chi connectivity index (χ4n) is 4.17. The van der Waals surface area contributed by atoms with Gasteiger partial charge in [0.25, 0.3) is 5.91 Å². The second kappa shape index (κ2) is 9.17. The number of carbonyl (C=O) groups is 2. The molecule has 1 saturated heterocycles. The Kier molecular flexibility index (Phi) is 6.64. The van der Waals surface area contributed by atoms with E-state index in [9.17, 15) is 9.59 Å². The maximum absolute atomic E-state index is 12.9. The van der Waals surface area contributed by atoms with Crippen molar-refractivity contribution in [2.24, 2.45) is 0 Å². The van der Waals surface area contributed by atoms with Gasteiger partial charge in [-0.25, -0.2) is 4.79 Å². The van der Waals surface area contributed by atoms with Crippen molar-refractivity contribution in [3.63, 3.8) is 0 Å². The first kappa shape index (κ1) is 21.0. The van der Waals surface area contributed by atoms with E-state index in [1.54, 1.807) is 26.4 Å². The lowest BCUT2D eigenvalue weighted by Gasteiger charge is -2.31. The van der Waals surface area contributed by atoms with Crippen molar-refractivity contribution in [1.29, 1.82) is 0 Å². The summed E-state index contributed by atoms with van der Waals surface area (Å²) in [5.74, 6) is 0.366. The van der Waals surface area contributed by atoms with Crippen molar-refractivity contribution in [2.45, 2.75) is 38.6 Å². The van der Waals surface area contributed by atoms with E-state index in [2.05, 4.69) is 17.2 Å². The van der Waals surface area contributed by atoms with E-state index in [0.717, 1.165) is 25.8 Å². The van der Waals surface area contributed by atoms with Crippen LogP contribution < -0.4 is 19.7 Å². The quantitative estimate of drug-likeness (QED) is 0.612. The molecule has 1 aliphatic rings. The molecule has 2 heterocycles. The topological polar surface area (TPSA) is 94.1 Å². The van der Waals surface area contributed by atoms with Gasteiger partial charge in [-0.15, -0.1) is 0 Å². The van der Waals surface area contributed by atoms with Crippen LogP contribution in [0.1, 0.15) is 43.1 Å². The largest absolute Gasteiger partial charge is 0.493 e. The average molecular weight is 404 g/mol. The first-order valence-corrected chi connectivity index (χ1v) is 10.0. The van der Waals surface area contributed by atoms with Crippen LogP contribution in [0, 0.1) is 0 Å². The molecule has 1 amide bonds. The maximum atomic E-state index is 12.9. The molecule has 1 fully saturated rings. The van der Waals surface area contributed by atoms with E-state index in [1.165, 1.54) is 18.4 Å². The number of nitrogens with one attached hydrogen (secondary N) is 3. The van der Waals surface area contributed by atoms with Crippen LogP contribution in [0.3, 0.4) is 0 Å². The van der Waals surface area contributed by atoms with E-state index < -0.39 is 5.97 Å². The Morgan fingerprint density at radius 2 is 1.90 bits per heavy atom. The summed E-state index contributed by atoms with van der Waals surface area (Å²) in [6, 6.07) is 3.98. The number of quaternary nitrogens is 1. The zero-order chi connectivity index (χ0) is 21.0. The predicted molar refractivity (Wildman–Crippen MR) is 110 cm³/mol. The number of likely N-dealkylation sites (tertiary alicyclic amines) is 1. The molecular weight excluding hydrogens is 374 g/mol. The third-order valence-corrected chi connectivity index (χ3v) is 5.71. The number of hydrogen-bond acceptors (Lipinski definition) is 5. The highest BCUT2D eigenvalue weighted by Crippen LogP contribution is 2.37. The second-order valence-corrected chi connectivity index (χ2v) is 7.35. The summed E-state index contributed by atoms with van der Waals surface area (Å²) < 4.78 is 15.6. The Morgan fingerprint density at radius 1 is 1.17 bits per heavy atom. The number of fused-ring (bicyclic) bond motifs is 1. The van der Waals surface area contributed by atoms with E-state index in [-0.39, 0.29) is 11.6 Å². The summed E-state index contributed by atoms with van der Waals surface area (Å²) in [4.78, 5) is 29.5. The summed E-state index contributed by atoms with van der Waals surface area (Å²) in [6.45, 7) is 3.54. The Morgan fingerprint density at radius 3 is 2.55 bits per heavy atom. The van der Waals surface area contributed by atoms with Gasteiger partial charge in [-0.3, -0.25) is 4.79 Å². The number of aromatic amines is 1. The summed E-state index contributed by atoms with van der Waals surface area (Å²) in [6.07, 6.45) is 4.56. The van der Waals surface area contributed by atoms with Gasteiger partial charge in [-0.05, 0) is 31.7 Å². The third-order valence-electron chi connectivity index (χ3n) is 5.71. The number of esters is 1. The fraction of sp³-hybridized carbons (Fsp3) is 0.524. The number of amides is 1. The number of aromatic nitrogens is 1. The molecule has 8 nitrogen and oxygen atoms in total. The fourth-order valence-corrected chi connectivity index (χ4v) is 4.17. The molecule has 0 bridgehead atoms. The first-order valence-electron chi connectivity index (χ1n) is 10.0. The van der Waals surface area contributed by atoms with Gasteiger partial charge in [0.05, 0.1) is 45.1 Å². The number of rotatable bonds is 7. The summed E-state index contributed by atoms with van der Waals surface area (Å²) in [5.41, 5.74) is 1.25. The minimum atomic E-state index is -0.550. The zero-order valence-electron chi connectivity index (χ0n) is 17.5.